The van der Waals surface area contributed by atoms with Crippen LogP contribution in [-0.2, 0) is 10.3 Å². The molecule has 0 aromatic heterocycles. The van der Waals surface area contributed by atoms with Crippen molar-refractivity contribution in [3.8, 4) is 0 Å². The number of anilines is 1. The highest BCUT2D eigenvalue weighted by Gasteiger charge is 2.21. The first-order valence-electron chi connectivity index (χ1n) is 5.99. The Kier molecular flexibility index (Phi) is 3.66. The van der Waals surface area contributed by atoms with E-state index < -0.39 is 5.60 Å². The zero-order chi connectivity index (χ0) is 12.3. The van der Waals surface area contributed by atoms with Gasteiger partial charge in [0.15, 0.2) is 0 Å². The van der Waals surface area contributed by atoms with Crippen molar-refractivity contribution >= 4 is 5.69 Å². The molecule has 1 aromatic carbocycles. The lowest BCUT2D eigenvalue weighted by atomic mass is 9.96. The molecule has 1 aliphatic heterocycles. The summed E-state index contributed by atoms with van der Waals surface area (Å²) in [6.07, 6.45) is 0. The summed E-state index contributed by atoms with van der Waals surface area (Å²) in [5.41, 5.74) is 6.63. The van der Waals surface area contributed by atoms with Gasteiger partial charge in [0.2, 0.25) is 0 Å². The first-order chi connectivity index (χ1) is 8.13. The molecule has 0 spiro atoms. The van der Waals surface area contributed by atoms with Gasteiger partial charge in [0.05, 0.1) is 18.8 Å². The molecule has 4 heteroatoms. The van der Waals surface area contributed by atoms with E-state index in [0.717, 1.165) is 31.9 Å². The number of rotatable bonds is 3. The SMILES string of the molecule is CC(O)(CN)c1ccc(N2CCOCC2)cc1. The van der Waals surface area contributed by atoms with E-state index in [1.54, 1.807) is 6.92 Å². The lowest BCUT2D eigenvalue weighted by Crippen LogP contribution is -2.36. The molecule has 0 saturated carbocycles. The smallest absolute Gasteiger partial charge is 0.0990 e. The molecule has 1 aliphatic rings. The van der Waals surface area contributed by atoms with Crippen molar-refractivity contribution in [2.75, 3.05) is 37.7 Å². The van der Waals surface area contributed by atoms with Crippen molar-refractivity contribution in [3.05, 3.63) is 29.8 Å². The maximum atomic E-state index is 10.0. The summed E-state index contributed by atoms with van der Waals surface area (Å²) in [7, 11) is 0. The third kappa shape index (κ3) is 2.77. The van der Waals surface area contributed by atoms with E-state index in [4.69, 9.17) is 10.5 Å². The maximum absolute atomic E-state index is 10.0. The predicted octanol–water partition coefficient (Wildman–Crippen LogP) is 0.689. The van der Waals surface area contributed by atoms with Gasteiger partial charge in [-0.1, -0.05) is 12.1 Å². The van der Waals surface area contributed by atoms with Gasteiger partial charge in [-0.15, -0.1) is 0 Å². The Labute approximate surface area is 102 Å². The van der Waals surface area contributed by atoms with Gasteiger partial charge in [0.25, 0.3) is 0 Å². The third-order valence-corrected chi connectivity index (χ3v) is 3.26. The number of hydrogen-bond donors (Lipinski definition) is 2. The molecular weight excluding hydrogens is 216 g/mol. The van der Waals surface area contributed by atoms with E-state index in [2.05, 4.69) is 4.90 Å². The minimum absolute atomic E-state index is 0.226. The van der Waals surface area contributed by atoms with Crippen LogP contribution in [0.1, 0.15) is 12.5 Å². The van der Waals surface area contributed by atoms with Crippen LogP contribution in [0.2, 0.25) is 0 Å². The number of nitrogens with zero attached hydrogens (tertiary/aromatic N) is 1. The lowest BCUT2D eigenvalue weighted by Gasteiger charge is -2.29. The highest BCUT2D eigenvalue weighted by molar-refractivity contribution is 5.48. The largest absolute Gasteiger partial charge is 0.384 e. The fourth-order valence-corrected chi connectivity index (χ4v) is 1.97. The molecule has 94 valence electrons. The number of nitrogens with two attached hydrogens (primary N) is 1. The molecule has 1 saturated heterocycles. The van der Waals surface area contributed by atoms with Gasteiger partial charge >= 0.3 is 0 Å². The molecular formula is C13H20N2O2. The average molecular weight is 236 g/mol. The number of ether oxygens (including phenoxy) is 1. The monoisotopic (exact) mass is 236 g/mol. The summed E-state index contributed by atoms with van der Waals surface area (Å²) in [6.45, 7) is 5.37. The Balaban J connectivity index is 2.12. The lowest BCUT2D eigenvalue weighted by molar-refractivity contribution is 0.0668. The summed E-state index contributed by atoms with van der Waals surface area (Å²) in [5.74, 6) is 0. The van der Waals surface area contributed by atoms with Crippen LogP contribution < -0.4 is 10.6 Å². The Morgan fingerprint density at radius 1 is 1.29 bits per heavy atom. The van der Waals surface area contributed by atoms with Crippen molar-refractivity contribution in [2.45, 2.75) is 12.5 Å². The zero-order valence-electron chi connectivity index (χ0n) is 10.2. The van der Waals surface area contributed by atoms with Gasteiger partial charge in [-0.05, 0) is 24.6 Å². The standard InChI is InChI=1S/C13H20N2O2/c1-13(16,10-14)11-2-4-12(5-3-11)15-6-8-17-9-7-15/h2-5,16H,6-10,14H2,1H3. The molecule has 1 aromatic rings. The second kappa shape index (κ2) is 5.04. The summed E-state index contributed by atoms with van der Waals surface area (Å²) >= 11 is 0. The number of morpholine rings is 1. The van der Waals surface area contributed by atoms with Gasteiger partial charge in [-0.25, -0.2) is 0 Å². The van der Waals surface area contributed by atoms with Crippen LogP contribution in [0.15, 0.2) is 24.3 Å². The van der Waals surface area contributed by atoms with Crippen molar-refractivity contribution in [1.82, 2.24) is 0 Å². The molecule has 0 aliphatic carbocycles. The first kappa shape index (κ1) is 12.4. The molecule has 1 fully saturated rings. The van der Waals surface area contributed by atoms with E-state index >= 15 is 0 Å². The van der Waals surface area contributed by atoms with Crippen molar-refractivity contribution in [2.24, 2.45) is 5.73 Å². The average Bonchev–Trinajstić information content (AvgIpc) is 2.40. The summed E-state index contributed by atoms with van der Waals surface area (Å²) in [6, 6.07) is 7.95. The summed E-state index contributed by atoms with van der Waals surface area (Å²) in [4.78, 5) is 2.28. The number of hydrogen-bond acceptors (Lipinski definition) is 4. The van der Waals surface area contributed by atoms with Crippen LogP contribution in [0.5, 0.6) is 0 Å². The molecule has 1 atom stereocenters. The van der Waals surface area contributed by atoms with Gasteiger partial charge in [-0.3, -0.25) is 0 Å². The first-order valence-corrected chi connectivity index (χ1v) is 5.99. The van der Waals surface area contributed by atoms with Crippen LogP contribution in [-0.4, -0.2) is 38.0 Å². The van der Waals surface area contributed by atoms with E-state index in [-0.39, 0.29) is 6.54 Å². The Hall–Kier alpha value is -1.10. The molecule has 1 unspecified atom stereocenters. The molecule has 0 bridgehead atoms. The molecule has 17 heavy (non-hydrogen) atoms. The van der Waals surface area contributed by atoms with Gasteiger partial charge in [0.1, 0.15) is 0 Å². The van der Waals surface area contributed by atoms with Crippen LogP contribution in [0.4, 0.5) is 5.69 Å². The quantitative estimate of drug-likeness (QED) is 0.810. The second-order valence-electron chi connectivity index (χ2n) is 4.62. The van der Waals surface area contributed by atoms with Crippen molar-refractivity contribution in [3.63, 3.8) is 0 Å². The van der Waals surface area contributed by atoms with Gasteiger partial charge in [-0.2, -0.15) is 0 Å². The molecule has 2 rings (SSSR count). The van der Waals surface area contributed by atoms with Crippen LogP contribution >= 0.6 is 0 Å². The minimum atomic E-state index is -0.941. The second-order valence-corrected chi connectivity index (χ2v) is 4.62. The van der Waals surface area contributed by atoms with Crippen LogP contribution in [0.25, 0.3) is 0 Å². The van der Waals surface area contributed by atoms with Crippen molar-refractivity contribution in [1.29, 1.82) is 0 Å². The Bertz CT molecular complexity index is 356. The molecule has 0 radical (unpaired) electrons. The topological polar surface area (TPSA) is 58.7 Å². The van der Waals surface area contributed by atoms with Crippen LogP contribution in [0.3, 0.4) is 0 Å². The van der Waals surface area contributed by atoms with E-state index in [1.165, 1.54) is 5.69 Å². The van der Waals surface area contributed by atoms with Crippen molar-refractivity contribution < 1.29 is 9.84 Å². The summed E-state index contributed by atoms with van der Waals surface area (Å²) < 4.78 is 5.32. The Morgan fingerprint density at radius 2 is 1.88 bits per heavy atom. The van der Waals surface area contributed by atoms with E-state index in [0.29, 0.717) is 0 Å². The van der Waals surface area contributed by atoms with Gasteiger partial charge < -0.3 is 20.5 Å². The molecule has 3 N–H and O–H groups in total. The Morgan fingerprint density at radius 3 is 2.41 bits per heavy atom. The normalized spacial score (nSPS) is 20.1. The van der Waals surface area contributed by atoms with Gasteiger partial charge in [0, 0.05) is 25.3 Å². The fourth-order valence-electron chi connectivity index (χ4n) is 1.97. The predicted molar refractivity (Wildman–Crippen MR) is 68.1 cm³/mol. The molecule has 0 amide bonds. The summed E-state index contributed by atoms with van der Waals surface area (Å²) in [5, 5.41) is 10.0. The highest BCUT2D eigenvalue weighted by atomic mass is 16.5. The molecule has 1 heterocycles. The van der Waals surface area contributed by atoms with Crippen LogP contribution in [0, 0.1) is 0 Å². The van der Waals surface area contributed by atoms with E-state index in [9.17, 15) is 5.11 Å². The molecule has 4 nitrogen and oxygen atoms in total. The third-order valence-electron chi connectivity index (χ3n) is 3.26. The zero-order valence-corrected chi connectivity index (χ0v) is 10.2. The number of benzene rings is 1. The number of aliphatic hydroxyl groups is 1. The fraction of sp³-hybridized carbons (Fsp3) is 0.538. The van der Waals surface area contributed by atoms with E-state index in [1.807, 2.05) is 24.3 Å². The minimum Gasteiger partial charge on any atom is -0.384 e. The highest BCUT2D eigenvalue weighted by Crippen LogP contribution is 2.23. The maximum Gasteiger partial charge on any atom is 0.0990 e.